The van der Waals surface area contributed by atoms with E-state index >= 15 is 0 Å². The fraction of sp³-hybridized carbons (Fsp3) is 0.533. The van der Waals surface area contributed by atoms with Crippen LogP contribution in [-0.2, 0) is 14.8 Å². The SMILES string of the molecule is Cc1ccc2c(c1)N(S(C)(=O)=O)CC[C@@H](C(=O)NC1CC1)O2. The Morgan fingerprint density at radius 1 is 1.32 bits per heavy atom. The number of fused-ring (bicyclic) bond motifs is 1. The molecule has 0 bridgehead atoms. The maximum Gasteiger partial charge on any atom is 0.261 e. The Morgan fingerprint density at radius 2 is 2.05 bits per heavy atom. The van der Waals surface area contributed by atoms with Gasteiger partial charge in [0.15, 0.2) is 6.10 Å². The second kappa shape index (κ2) is 5.46. The molecule has 120 valence electrons. The lowest BCUT2D eigenvalue weighted by Gasteiger charge is -2.21. The van der Waals surface area contributed by atoms with Crippen LogP contribution < -0.4 is 14.4 Å². The Kier molecular flexibility index (Phi) is 3.76. The van der Waals surface area contributed by atoms with Gasteiger partial charge in [-0.2, -0.15) is 0 Å². The third kappa shape index (κ3) is 3.19. The number of rotatable bonds is 3. The average Bonchev–Trinajstić information content (AvgIpc) is 3.22. The molecule has 0 spiro atoms. The first-order valence-electron chi connectivity index (χ1n) is 7.40. The van der Waals surface area contributed by atoms with Gasteiger partial charge in [-0.3, -0.25) is 9.10 Å². The molecule has 1 atom stereocenters. The van der Waals surface area contributed by atoms with Crippen LogP contribution in [-0.4, -0.2) is 39.3 Å². The maximum atomic E-state index is 12.2. The summed E-state index contributed by atoms with van der Waals surface area (Å²) < 4.78 is 31.2. The van der Waals surface area contributed by atoms with E-state index in [1.165, 1.54) is 10.6 Å². The Labute approximate surface area is 130 Å². The van der Waals surface area contributed by atoms with Gasteiger partial charge >= 0.3 is 0 Å². The number of aryl methyl sites for hydroxylation is 1. The molecule has 0 saturated heterocycles. The summed E-state index contributed by atoms with van der Waals surface area (Å²) in [5.74, 6) is 0.272. The fourth-order valence-corrected chi connectivity index (χ4v) is 3.48. The second-order valence-electron chi connectivity index (χ2n) is 5.98. The Balaban J connectivity index is 1.91. The van der Waals surface area contributed by atoms with E-state index in [1.54, 1.807) is 12.1 Å². The highest BCUT2D eigenvalue weighted by Gasteiger charge is 2.33. The quantitative estimate of drug-likeness (QED) is 0.906. The first-order valence-corrected chi connectivity index (χ1v) is 9.25. The zero-order chi connectivity index (χ0) is 15.9. The number of ether oxygens (including phenoxy) is 1. The molecule has 1 aromatic rings. The van der Waals surface area contributed by atoms with E-state index < -0.39 is 16.1 Å². The van der Waals surface area contributed by atoms with Crippen molar-refractivity contribution < 1.29 is 17.9 Å². The van der Waals surface area contributed by atoms with Gasteiger partial charge < -0.3 is 10.1 Å². The highest BCUT2D eigenvalue weighted by Crippen LogP contribution is 2.35. The van der Waals surface area contributed by atoms with Gasteiger partial charge in [0.2, 0.25) is 10.0 Å². The minimum atomic E-state index is -3.42. The summed E-state index contributed by atoms with van der Waals surface area (Å²) in [6.45, 7) is 2.13. The van der Waals surface area contributed by atoms with Crippen LogP contribution in [0.1, 0.15) is 24.8 Å². The summed E-state index contributed by atoms with van der Waals surface area (Å²) in [6.07, 6.45) is 2.85. The van der Waals surface area contributed by atoms with E-state index in [4.69, 9.17) is 4.74 Å². The highest BCUT2D eigenvalue weighted by atomic mass is 32.2. The third-order valence-electron chi connectivity index (χ3n) is 3.86. The standard InChI is InChI=1S/C15H20N2O4S/c1-10-3-6-13-12(9-10)17(22(2,19)20)8-7-14(21-13)15(18)16-11-4-5-11/h3,6,9,11,14H,4-5,7-8H2,1-2H3,(H,16,18)/t14-/m0/s1. The number of carbonyl (C=O) groups excluding carboxylic acids is 1. The molecular formula is C15H20N2O4S. The molecule has 3 rings (SSSR count). The molecule has 1 aliphatic carbocycles. The van der Waals surface area contributed by atoms with Crippen LogP contribution in [0.4, 0.5) is 5.69 Å². The number of hydrogen-bond donors (Lipinski definition) is 1. The largest absolute Gasteiger partial charge is 0.478 e. The van der Waals surface area contributed by atoms with Gasteiger partial charge in [-0.1, -0.05) is 6.07 Å². The minimum absolute atomic E-state index is 0.163. The number of carbonyl (C=O) groups is 1. The molecule has 1 amide bonds. The summed E-state index contributed by atoms with van der Waals surface area (Å²) in [5, 5.41) is 2.92. The molecular weight excluding hydrogens is 304 g/mol. The van der Waals surface area contributed by atoms with Gasteiger partial charge in [-0.05, 0) is 37.5 Å². The van der Waals surface area contributed by atoms with Crippen LogP contribution in [0.3, 0.4) is 0 Å². The van der Waals surface area contributed by atoms with Crippen molar-refractivity contribution in [1.82, 2.24) is 5.32 Å². The molecule has 1 N–H and O–H groups in total. The fourth-order valence-electron chi connectivity index (χ4n) is 2.54. The van der Waals surface area contributed by atoms with Crippen molar-refractivity contribution in [1.29, 1.82) is 0 Å². The van der Waals surface area contributed by atoms with Crippen LogP contribution in [0, 0.1) is 6.92 Å². The van der Waals surface area contributed by atoms with Gasteiger partial charge in [0.1, 0.15) is 5.75 Å². The summed E-state index contributed by atoms with van der Waals surface area (Å²) in [4.78, 5) is 12.2. The highest BCUT2D eigenvalue weighted by molar-refractivity contribution is 7.92. The molecule has 0 aromatic heterocycles. The zero-order valence-corrected chi connectivity index (χ0v) is 13.5. The average molecular weight is 324 g/mol. The van der Waals surface area contributed by atoms with Gasteiger partial charge in [0.25, 0.3) is 5.91 Å². The summed E-state index contributed by atoms with van der Waals surface area (Å²) in [6, 6.07) is 5.60. The number of nitrogens with one attached hydrogen (secondary N) is 1. The van der Waals surface area contributed by atoms with Gasteiger partial charge in [-0.15, -0.1) is 0 Å². The topological polar surface area (TPSA) is 75.7 Å². The molecule has 2 aliphatic rings. The lowest BCUT2D eigenvalue weighted by molar-refractivity contribution is -0.128. The first kappa shape index (κ1) is 15.1. The van der Waals surface area contributed by atoms with Crippen molar-refractivity contribution in [3.8, 4) is 5.75 Å². The number of sulfonamides is 1. The predicted octanol–water partition coefficient (Wildman–Crippen LogP) is 1.19. The van der Waals surface area contributed by atoms with E-state index in [2.05, 4.69) is 5.32 Å². The minimum Gasteiger partial charge on any atom is -0.478 e. The number of anilines is 1. The van der Waals surface area contributed by atoms with Crippen LogP contribution in [0.25, 0.3) is 0 Å². The van der Waals surface area contributed by atoms with Crippen molar-refractivity contribution in [2.45, 2.75) is 38.3 Å². The van der Waals surface area contributed by atoms with Crippen molar-refractivity contribution in [3.63, 3.8) is 0 Å². The zero-order valence-electron chi connectivity index (χ0n) is 12.7. The van der Waals surface area contributed by atoms with Gasteiger partial charge in [-0.25, -0.2) is 8.42 Å². The molecule has 1 aliphatic heterocycles. The number of hydrogen-bond acceptors (Lipinski definition) is 4. The molecule has 0 radical (unpaired) electrons. The molecule has 1 heterocycles. The molecule has 22 heavy (non-hydrogen) atoms. The van der Waals surface area contributed by atoms with Crippen LogP contribution in [0.15, 0.2) is 18.2 Å². The van der Waals surface area contributed by atoms with Crippen molar-refractivity contribution in [2.24, 2.45) is 0 Å². The van der Waals surface area contributed by atoms with E-state index in [9.17, 15) is 13.2 Å². The summed E-state index contributed by atoms with van der Waals surface area (Å²) >= 11 is 0. The third-order valence-corrected chi connectivity index (χ3v) is 5.04. The van der Waals surface area contributed by atoms with Crippen molar-refractivity contribution in [2.75, 3.05) is 17.1 Å². The number of amides is 1. The number of nitrogens with zero attached hydrogens (tertiary/aromatic N) is 1. The van der Waals surface area contributed by atoms with Crippen LogP contribution in [0.5, 0.6) is 5.75 Å². The second-order valence-corrected chi connectivity index (χ2v) is 7.89. The lowest BCUT2D eigenvalue weighted by Crippen LogP contribution is -2.40. The van der Waals surface area contributed by atoms with Gasteiger partial charge in [0, 0.05) is 19.0 Å². The summed E-state index contributed by atoms with van der Waals surface area (Å²) in [5.41, 5.74) is 1.45. The predicted molar refractivity (Wildman–Crippen MR) is 83.6 cm³/mol. The first-order chi connectivity index (χ1) is 10.3. The Bertz CT molecular complexity index is 697. The van der Waals surface area contributed by atoms with E-state index in [1.807, 2.05) is 13.0 Å². The van der Waals surface area contributed by atoms with Crippen LogP contribution >= 0.6 is 0 Å². The molecule has 1 saturated carbocycles. The Morgan fingerprint density at radius 3 is 2.68 bits per heavy atom. The number of benzene rings is 1. The van der Waals surface area contributed by atoms with Crippen LogP contribution in [0.2, 0.25) is 0 Å². The van der Waals surface area contributed by atoms with Crippen molar-refractivity contribution in [3.05, 3.63) is 23.8 Å². The van der Waals surface area contributed by atoms with Gasteiger partial charge in [0.05, 0.1) is 11.9 Å². The maximum absolute atomic E-state index is 12.2. The van der Waals surface area contributed by atoms with E-state index in [0.29, 0.717) is 17.9 Å². The molecule has 0 unspecified atom stereocenters. The lowest BCUT2D eigenvalue weighted by atomic mass is 10.2. The molecule has 1 fully saturated rings. The smallest absolute Gasteiger partial charge is 0.261 e. The molecule has 6 nitrogen and oxygen atoms in total. The Hall–Kier alpha value is -1.76. The molecule has 1 aromatic carbocycles. The monoisotopic (exact) mass is 324 g/mol. The van der Waals surface area contributed by atoms with Crippen molar-refractivity contribution >= 4 is 21.6 Å². The van der Waals surface area contributed by atoms with E-state index in [0.717, 1.165) is 18.4 Å². The normalized spacial score (nSPS) is 21.5. The van der Waals surface area contributed by atoms with E-state index in [-0.39, 0.29) is 18.5 Å². The summed E-state index contributed by atoms with van der Waals surface area (Å²) in [7, 11) is -3.42. The molecule has 7 heteroatoms.